The standard InChI is InChI=1S/C38H37F2N3O6/c1-47-30-20-18-29(19-21-30)43(36(45)26-13-7-3-8-14-26)33(27-17-22-31-32(23-27)49-24-48-31)35(44)42-34(25-11-5-2-6-12-25)38(39,40)37(46)41-28-15-9-4-10-16-28/h2-3,5-8,11-14,17-23,28,33-34H,4,9-10,15-16,24H2,1H3,(H,41,46)(H,42,44). The van der Waals surface area contributed by atoms with E-state index in [0.717, 1.165) is 19.3 Å². The molecule has 254 valence electrons. The number of ether oxygens (including phenoxy) is 3. The van der Waals surface area contributed by atoms with E-state index in [2.05, 4.69) is 10.6 Å². The van der Waals surface area contributed by atoms with Crippen molar-refractivity contribution in [2.45, 2.75) is 56.2 Å². The Bertz CT molecular complexity index is 1770. The van der Waals surface area contributed by atoms with Crippen LogP contribution in [0.1, 0.15) is 65.7 Å². The number of amides is 3. The summed E-state index contributed by atoms with van der Waals surface area (Å²) in [6.45, 7) is -0.0425. The van der Waals surface area contributed by atoms with Crippen LogP contribution in [0.15, 0.2) is 103 Å². The van der Waals surface area contributed by atoms with Crippen LogP contribution in [-0.4, -0.2) is 43.6 Å². The monoisotopic (exact) mass is 669 g/mol. The van der Waals surface area contributed by atoms with Crippen molar-refractivity contribution in [3.05, 3.63) is 120 Å². The molecule has 9 nitrogen and oxygen atoms in total. The number of hydrogen-bond acceptors (Lipinski definition) is 6. The van der Waals surface area contributed by atoms with E-state index in [9.17, 15) is 14.4 Å². The average molecular weight is 670 g/mol. The molecule has 2 N–H and O–H groups in total. The Morgan fingerprint density at radius 1 is 0.816 bits per heavy atom. The van der Waals surface area contributed by atoms with Gasteiger partial charge in [0, 0.05) is 17.3 Å². The molecule has 1 aliphatic carbocycles. The molecule has 4 aromatic rings. The third-order valence-corrected chi connectivity index (χ3v) is 8.83. The number of halogens is 2. The van der Waals surface area contributed by atoms with Crippen LogP contribution in [0.5, 0.6) is 17.2 Å². The van der Waals surface area contributed by atoms with Crippen molar-refractivity contribution in [3.63, 3.8) is 0 Å². The third-order valence-electron chi connectivity index (χ3n) is 8.83. The zero-order chi connectivity index (χ0) is 34.4. The first kappa shape index (κ1) is 33.5. The average Bonchev–Trinajstić information content (AvgIpc) is 3.62. The molecular formula is C38H37F2N3O6. The molecule has 6 rings (SSSR count). The number of nitrogens with one attached hydrogen (secondary N) is 2. The number of hydrogen-bond donors (Lipinski definition) is 2. The summed E-state index contributed by atoms with van der Waals surface area (Å²) < 4.78 is 49.2. The van der Waals surface area contributed by atoms with Gasteiger partial charge < -0.3 is 24.8 Å². The van der Waals surface area contributed by atoms with Gasteiger partial charge in [-0.25, -0.2) is 0 Å². The largest absolute Gasteiger partial charge is 0.497 e. The van der Waals surface area contributed by atoms with Gasteiger partial charge in [-0.05, 0) is 72.5 Å². The predicted octanol–water partition coefficient (Wildman–Crippen LogP) is 6.75. The smallest absolute Gasteiger partial charge is 0.348 e. The van der Waals surface area contributed by atoms with E-state index in [1.54, 1.807) is 91.0 Å². The Balaban J connectivity index is 1.44. The third kappa shape index (κ3) is 7.35. The Kier molecular flexibility index (Phi) is 10.1. The van der Waals surface area contributed by atoms with Crippen molar-refractivity contribution in [1.82, 2.24) is 10.6 Å². The number of anilines is 1. The van der Waals surface area contributed by atoms with Gasteiger partial charge in [0.15, 0.2) is 11.5 Å². The lowest BCUT2D eigenvalue weighted by molar-refractivity contribution is -0.153. The number of fused-ring (bicyclic) bond motifs is 1. The lowest BCUT2D eigenvalue weighted by Gasteiger charge is -2.35. The van der Waals surface area contributed by atoms with E-state index < -0.39 is 35.7 Å². The van der Waals surface area contributed by atoms with Gasteiger partial charge in [-0.1, -0.05) is 73.9 Å². The molecule has 4 aromatic carbocycles. The summed E-state index contributed by atoms with van der Waals surface area (Å²) in [6, 6.07) is 23.2. The van der Waals surface area contributed by atoms with Gasteiger partial charge in [-0.3, -0.25) is 19.3 Å². The molecule has 1 fully saturated rings. The summed E-state index contributed by atoms with van der Waals surface area (Å²) in [6.07, 6.45) is 3.87. The van der Waals surface area contributed by atoms with Gasteiger partial charge in [0.1, 0.15) is 17.8 Å². The number of rotatable bonds is 11. The summed E-state index contributed by atoms with van der Waals surface area (Å²) in [5, 5.41) is 5.02. The fourth-order valence-corrected chi connectivity index (χ4v) is 6.26. The molecule has 0 radical (unpaired) electrons. The molecule has 2 unspecified atom stereocenters. The van der Waals surface area contributed by atoms with Gasteiger partial charge in [-0.2, -0.15) is 8.78 Å². The van der Waals surface area contributed by atoms with Crippen molar-refractivity contribution < 1.29 is 37.4 Å². The molecule has 0 saturated heterocycles. The maximum absolute atomic E-state index is 16.4. The summed E-state index contributed by atoms with van der Waals surface area (Å²) in [5.41, 5.74) is 0.845. The van der Waals surface area contributed by atoms with Crippen LogP contribution >= 0.6 is 0 Å². The highest BCUT2D eigenvalue weighted by Crippen LogP contribution is 2.39. The van der Waals surface area contributed by atoms with Gasteiger partial charge in [0.25, 0.3) is 11.8 Å². The molecule has 2 atom stereocenters. The molecule has 2 aliphatic rings. The van der Waals surface area contributed by atoms with Gasteiger partial charge in [0.05, 0.1) is 7.11 Å². The fraction of sp³-hybridized carbons (Fsp3) is 0.289. The van der Waals surface area contributed by atoms with Crippen molar-refractivity contribution >= 4 is 23.4 Å². The van der Waals surface area contributed by atoms with Crippen LogP contribution in [-0.2, 0) is 9.59 Å². The normalized spacial score (nSPS) is 15.5. The number of carbonyl (C=O) groups excluding carboxylic acids is 3. The second-order valence-corrected chi connectivity index (χ2v) is 12.0. The number of benzene rings is 4. The van der Waals surface area contributed by atoms with E-state index in [1.807, 2.05) is 0 Å². The SMILES string of the molecule is COc1ccc(N(C(=O)c2ccccc2)C(C(=O)NC(c2ccccc2)C(F)(F)C(=O)NC2CCCCC2)c2ccc3c(c2)OCO3)cc1. The zero-order valence-electron chi connectivity index (χ0n) is 26.9. The van der Waals surface area contributed by atoms with Crippen molar-refractivity contribution in [2.75, 3.05) is 18.8 Å². The highest BCUT2D eigenvalue weighted by atomic mass is 19.3. The molecule has 1 saturated carbocycles. The van der Waals surface area contributed by atoms with E-state index in [4.69, 9.17) is 14.2 Å². The van der Waals surface area contributed by atoms with Gasteiger partial charge in [0.2, 0.25) is 12.7 Å². The highest BCUT2D eigenvalue weighted by Gasteiger charge is 2.50. The van der Waals surface area contributed by atoms with Crippen LogP contribution < -0.4 is 29.7 Å². The Labute approximate surface area is 283 Å². The van der Waals surface area contributed by atoms with E-state index >= 15 is 8.78 Å². The number of nitrogens with zero attached hydrogens (tertiary/aromatic N) is 1. The quantitative estimate of drug-likeness (QED) is 0.183. The first-order valence-corrected chi connectivity index (χ1v) is 16.2. The zero-order valence-corrected chi connectivity index (χ0v) is 26.9. The van der Waals surface area contributed by atoms with Gasteiger partial charge in [-0.15, -0.1) is 0 Å². The van der Waals surface area contributed by atoms with Crippen LogP contribution in [0, 0.1) is 0 Å². The van der Waals surface area contributed by atoms with Gasteiger partial charge >= 0.3 is 5.92 Å². The van der Waals surface area contributed by atoms with Crippen LogP contribution in [0.25, 0.3) is 0 Å². The number of alkyl halides is 2. The molecule has 0 spiro atoms. The summed E-state index contributed by atoms with van der Waals surface area (Å²) in [7, 11) is 1.50. The predicted molar refractivity (Wildman–Crippen MR) is 179 cm³/mol. The lowest BCUT2D eigenvalue weighted by atomic mass is 9.94. The van der Waals surface area contributed by atoms with E-state index in [-0.39, 0.29) is 29.5 Å². The van der Waals surface area contributed by atoms with Crippen LogP contribution in [0.4, 0.5) is 14.5 Å². The first-order valence-electron chi connectivity index (χ1n) is 16.2. The topological polar surface area (TPSA) is 106 Å². The molecule has 3 amide bonds. The lowest BCUT2D eigenvalue weighted by Crippen LogP contribution is -2.54. The number of methoxy groups -OCH3 is 1. The number of carbonyl (C=O) groups is 3. The molecule has 11 heteroatoms. The Hall–Kier alpha value is -5.45. The maximum atomic E-state index is 16.4. The minimum Gasteiger partial charge on any atom is -0.497 e. The maximum Gasteiger partial charge on any atom is 0.348 e. The second kappa shape index (κ2) is 14.8. The van der Waals surface area contributed by atoms with E-state index in [1.165, 1.54) is 24.1 Å². The minimum atomic E-state index is -4.05. The van der Waals surface area contributed by atoms with Crippen molar-refractivity contribution in [3.8, 4) is 17.2 Å². The highest BCUT2D eigenvalue weighted by molar-refractivity contribution is 6.10. The second-order valence-electron chi connectivity index (χ2n) is 12.0. The van der Waals surface area contributed by atoms with E-state index in [0.29, 0.717) is 35.8 Å². The first-order chi connectivity index (χ1) is 23.8. The molecule has 1 aliphatic heterocycles. The molecule has 0 bridgehead atoms. The fourth-order valence-electron chi connectivity index (χ4n) is 6.26. The molecule has 49 heavy (non-hydrogen) atoms. The van der Waals surface area contributed by atoms with Crippen LogP contribution in [0.3, 0.4) is 0 Å². The molecule has 1 heterocycles. The summed E-state index contributed by atoms with van der Waals surface area (Å²) in [4.78, 5) is 43.6. The van der Waals surface area contributed by atoms with Crippen molar-refractivity contribution in [2.24, 2.45) is 0 Å². The van der Waals surface area contributed by atoms with Crippen molar-refractivity contribution in [1.29, 1.82) is 0 Å². The van der Waals surface area contributed by atoms with Crippen LogP contribution in [0.2, 0.25) is 0 Å². The molecule has 0 aromatic heterocycles. The summed E-state index contributed by atoms with van der Waals surface area (Å²) in [5.74, 6) is -5.77. The summed E-state index contributed by atoms with van der Waals surface area (Å²) >= 11 is 0. The Morgan fingerprint density at radius 3 is 2.14 bits per heavy atom. The minimum absolute atomic E-state index is 0.0227. The molecular weight excluding hydrogens is 632 g/mol. The Morgan fingerprint density at radius 2 is 1.47 bits per heavy atom.